The molecule has 3 aromatic carbocycles. The van der Waals surface area contributed by atoms with Crippen molar-refractivity contribution >= 4 is 0 Å². The number of nitrogens with zero attached hydrogens (tertiary/aromatic N) is 3. The van der Waals surface area contributed by atoms with Gasteiger partial charge in [-0.05, 0) is 87.7 Å². The molecule has 0 saturated carbocycles. The topological polar surface area (TPSA) is 121 Å². The van der Waals surface area contributed by atoms with Gasteiger partial charge in [0.15, 0.2) is 0 Å². The lowest BCUT2D eigenvalue weighted by Gasteiger charge is -2.33. The summed E-state index contributed by atoms with van der Waals surface area (Å²) >= 11 is 0. The van der Waals surface area contributed by atoms with E-state index in [9.17, 15) is 5.11 Å². The molecule has 6 N–H and O–H groups in total. The minimum absolute atomic E-state index is 0.0641. The number of phenols is 1. The molecule has 0 saturated heterocycles. The Morgan fingerprint density at radius 2 is 1.23 bits per heavy atom. The number of aryl methyl sites for hydroxylation is 3. The third-order valence-corrected chi connectivity index (χ3v) is 7.88. The van der Waals surface area contributed by atoms with E-state index in [4.69, 9.17) is 26.0 Å². The summed E-state index contributed by atoms with van der Waals surface area (Å²) in [7, 11) is 0. The van der Waals surface area contributed by atoms with Gasteiger partial charge in [-0.25, -0.2) is 0 Å². The van der Waals surface area contributed by atoms with E-state index in [0.717, 1.165) is 82.3 Å². The molecule has 44 heavy (non-hydrogen) atoms. The van der Waals surface area contributed by atoms with E-state index in [2.05, 4.69) is 40.7 Å². The number of aromatic hydroxyl groups is 1. The van der Waals surface area contributed by atoms with Crippen molar-refractivity contribution in [3.8, 4) is 17.2 Å². The molecule has 9 nitrogen and oxygen atoms in total. The Morgan fingerprint density at radius 1 is 0.727 bits per heavy atom. The molecule has 0 fully saturated rings. The van der Waals surface area contributed by atoms with Gasteiger partial charge in [0.25, 0.3) is 0 Å². The summed E-state index contributed by atoms with van der Waals surface area (Å²) in [6, 6.07) is 19.6. The quantitative estimate of drug-likeness (QED) is 0.186. The van der Waals surface area contributed by atoms with E-state index >= 15 is 0 Å². The van der Waals surface area contributed by atoms with Crippen LogP contribution in [0, 0.1) is 20.8 Å². The highest BCUT2D eigenvalue weighted by Crippen LogP contribution is 2.28. The first-order chi connectivity index (χ1) is 21.3. The fourth-order valence-electron chi connectivity index (χ4n) is 5.09. The van der Waals surface area contributed by atoms with Crippen molar-refractivity contribution in [1.82, 2.24) is 14.7 Å². The third kappa shape index (κ3) is 11.7. The standard InChI is InChI=1S/C23H31N3O3.C7H8O.C5H14N2/c1-18-5-3-7-22-20(18)13-25(16-28-22)11-9-24(15-27)10-12-26-14-21-19(2)6-4-8-23(21)29-17-26;1-6-3-2-4-7(8)5-6;6-4-2-1-3-5-7/h3-8,27H,9-17H2,1-2H3;2-5,8H,1H3;1-7H2. The maximum atomic E-state index is 9.82. The Labute approximate surface area is 264 Å². The van der Waals surface area contributed by atoms with Crippen LogP contribution in [0.3, 0.4) is 0 Å². The average molecular weight is 608 g/mol. The van der Waals surface area contributed by atoms with Crippen molar-refractivity contribution in [2.24, 2.45) is 11.5 Å². The van der Waals surface area contributed by atoms with Gasteiger partial charge in [0, 0.05) is 50.4 Å². The number of nitrogens with two attached hydrogens (primary N) is 2. The molecule has 2 aliphatic rings. The van der Waals surface area contributed by atoms with Crippen LogP contribution in [0.15, 0.2) is 60.7 Å². The molecule has 0 aromatic heterocycles. The molecule has 9 heteroatoms. The van der Waals surface area contributed by atoms with Gasteiger partial charge in [-0.2, -0.15) is 0 Å². The van der Waals surface area contributed by atoms with Crippen LogP contribution in [-0.4, -0.2) is 84.4 Å². The lowest BCUT2D eigenvalue weighted by Crippen LogP contribution is -2.43. The SMILES string of the molecule is Cc1cccc(O)c1.Cc1cccc2c1CN(CCN(CO)CCN1COc3cccc(C)c3C1)CO2.NCCCCCN. The molecule has 0 radical (unpaired) electrons. The summed E-state index contributed by atoms with van der Waals surface area (Å²) in [4.78, 5) is 6.67. The van der Waals surface area contributed by atoms with Crippen LogP contribution in [0.1, 0.15) is 47.1 Å². The number of phenolic OH excluding ortho intramolecular Hbond substituents is 1. The van der Waals surface area contributed by atoms with Crippen LogP contribution in [0.2, 0.25) is 0 Å². The van der Waals surface area contributed by atoms with Crippen molar-refractivity contribution in [3.63, 3.8) is 0 Å². The molecular formula is C35H53N5O4. The lowest BCUT2D eigenvalue weighted by atomic mass is 10.1. The Kier molecular flexibility index (Phi) is 15.5. The second-order valence-corrected chi connectivity index (χ2v) is 11.5. The van der Waals surface area contributed by atoms with Gasteiger partial charge in [0.05, 0.1) is 6.73 Å². The van der Waals surface area contributed by atoms with Crippen LogP contribution in [0.5, 0.6) is 17.2 Å². The van der Waals surface area contributed by atoms with Crippen LogP contribution >= 0.6 is 0 Å². The number of ether oxygens (including phenoxy) is 2. The number of benzene rings is 3. The molecule has 0 amide bonds. The number of aliphatic hydroxyl groups is 1. The van der Waals surface area contributed by atoms with Crippen molar-refractivity contribution < 1.29 is 19.7 Å². The normalized spacial score (nSPS) is 14.2. The summed E-state index contributed by atoms with van der Waals surface area (Å²) in [5.41, 5.74) is 16.6. The van der Waals surface area contributed by atoms with Gasteiger partial charge in [-0.15, -0.1) is 0 Å². The molecule has 0 unspecified atom stereocenters. The Morgan fingerprint density at radius 3 is 1.64 bits per heavy atom. The van der Waals surface area contributed by atoms with Gasteiger partial charge in [-0.3, -0.25) is 14.7 Å². The van der Waals surface area contributed by atoms with E-state index in [1.165, 1.54) is 28.7 Å². The highest BCUT2D eigenvalue weighted by molar-refractivity contribution is 5.41. The number of hydrogen-bond donors (Lipinski definition) is 4. The van der Waals surface area contributed by atoms with E-state index in [1.54, 1.807) is 12.1 Å². The monoisotopic (exact) mass is 607 g/mol. The summed E-state index contributed by atoms with van der Waals surface area (Å²) in [6.07, 6.45) is 3.43. The number of rotatable bonds is 11. The third-order valence-electron chi connectivity index (χ3n) is 7.88. The van der Waals surface area contributed by atoms with Crippen LogP contribution in [0.4, 0.5) is 0 Å². The van der Waals surface area contributed by atoms with Gasteiger partial charge in [-0.1, -0.05) is 42.8 Å². The number of fused-ring (bicyclic) bond motifs is 2. The number of unbranched alkanes of at least 4 members (excludes halogenated alkanes) is 2. The zero-order valence-corrected chi connectivity index (χ0v) is 26.9. The fourth-order valence-corrected chi connectivity index (χ4v) is 5.09. The largest absolute Gasteiger partial charge is 0.508 e. The minimum Gasteiger partial charge on any atom is -0.508 e. The number of aliphatic hydroxyl groups excluding tert-OH is 1. The zero-order chi connectivity index (χ0) is 31.7. The first kappa shape index (κ1) is 35.3. The average Bonchev–Trinajstić information content (AvgIpc) is 3.02. The predicted molar refractivity (Wildman–Crippen MR) is 178 cm³/mol. The van der Waals surface area contributed by atoms with E-state index in [-0.39, 0.29) is 6.73 Å². The first-order valence-electron chi connectivity index (χ1n) is 15.7. The summed E-state index contributed by atoms with van der Waals surface area (Å²) < 4.78 is 11.8. The molecule has 2 aliphatic heterocycles. The highest BCUT2D eigenvalue weighted by Gasteiger charge is 2.21. The molecule has 0 atom stereocenters. The Hall–Kier alpha value is -3.18. The Bertz CT molecular complexity index is 1170. The molecule has 0 spiro atoms. The highest BCUT2D eigenvalue weighted by atomic mass is 16.5. The van der Waals surface area contributed by atoms with Crippen molar-refractivity contribution in [2.75, 3.05) is 59.5 Å². The van der Waals surface area contributed by atoms with Crippen molar-refractivity contribution in [1.29, 1.82) is 0 Å². The summed E-state index contributed by atoms with van der Waals surface area (Å²) in [5, 5.41) is 18.6. The second kappa shape index (κ2) is 19.3. The van der Waals surface area contributed by atoms with Gasteiger partial charge in [0.2, 0.25) is 0 Å². The van der Waals surface area contributed by atoms with Gasteiger partial charge < -0.3 is 31.2 Å². The van der Waals surface area contributed by atoms with Crippen molar-refractivity contribution in [2.45, 2.75) is 53.1 Å². The molecule has 0 bridgehead atoms. The van der Waals surface area contributed by atoms with E-state index < -0.39 is 0 Å². The summed E-state index contributed by atoms with van der Waals surface area (Å²) in [5.74, 6) is 2.34. The molecule has 3 aromatic rings. The van der Waals surface area contributed by atoms with Crippen molar-refractivity contribution in [3.05, 3.63) is 88.5 Å². The van der Waals surface area contributed by atoms with Gasteiger partial charge in [0.1, 0.15) is 30.7 Å². The molecule has 0 aliphatic carbocycles. The van der Waals surface area contributed by atoms with Crippen LogP contribution in [-0.2, 0) is 13.1 Å². The van der Waals surface area contributed by atoms with Gasteiger partial charge >= 0.3 is 0 Å². The predicted octanol–water partition coefficient (Wildman–Crippen LogP) is 4.33. The molecule has 5 rings (SSSR count). The van der Waals surface area contributed by atoms with E-state index in [1.807, 2.05) is 43.3 Å². The maximum Gasteiger partial charge on any atom is 0.142 e. The second-order valence-electron chi connectivity index (χ2n) is 11.5. The van der Waals surface area contributed by atoms with E-state index in [0.29, 0.717) is 19.2 Å². The van der Waals surface area contributed by atoms with Crippen LogP contribution in [0.25, 0.3) is 0 Å². The smallest absolute Gasteiger partial charge is 0.142 e. The molecular weight excluding hydrogens is 554 g/mol. The maximum absolute atomic E-state index is 9.82. The lowest BCUT2D eigenvalue weighted by molar-refractivity contribution is 0.0393. The first-order valence-corrected chi connectivity index (χ1v) is 15.7. The number of hydrogen-bond acceptors (Lipinski definition) is 9. The molecule has 242 valence electrons. The summed E-state index contributed by atoms with van der Waals surface area (Å²) in [6.45, 7) is 14.2. The molecule has 2 heterocycles. The van der Waals surface area contributed by atoms with Crippen LogP contribution < -0.4 is 20.9 Å². The zero-order valence-electron chi connectivity index (χ0n) is 26.9. The fraction of sp³-hybridized carbons (Fsp3) is 0.486. The Balaban J connectivity index is 0.000000290. The minimum atomic E-state index is 0.0641.